The van der Waals surface area contributed by atoms with Gasteiger partial charge in [-0.2, -0.15) is 0 Å². The fourth-order valence-corrected chi connectivity index (χ4v) is 2.61. The Morgan fingerprint density at radius 3 is 2.62 bits per heavy atom. The number of hydrogen-bond acceptors (Lipinski definition) is 3. The lowest BCUT2D eigenvalue weighted by Crippen LogP contribution is -2.34. The number of aryl methyl sites for hydroxylation is 1. The SMILES string of the molecule is Cc1ccc(C(N)=O)cc1NC(=O)C1CCCC(N)C1.Cl. The first-order valence-corrected chi connectivity index (χ1v) is 6.94. The van der Waals surface area contributed by atoms with Gasteiger partial charge in [0, 0.05) is 23.2 Å². The highest BCUT2D eigenvalue weighted by Crippen LogP contribution is 2.25. The van der Waals surface area contributed by atoms with Crippen molar-refractivity contribution in [2.75, 3.05) is 5.32 Å². The normalized spacial score (nSPS) is 21.2. The predicted octanol–water partition coefficient (Wildman–Crippen LogP) is 1.97. The van der Waals surface area contributed by atoms with Crippen LogP contribution < -0.4 is 16.8 Å². The van der Waals surface area contributed by atoms with Crippen LogP contribution in [0.2, 0.25) is 0 Å². The molecule has 1 saturated carbocycles. The fraction of sp³-hybridized carbons (Fsp3) is 0.467. The van der Waals surface area contributed by atoms with Crippen molar-refractivity contribution in [3.8, 4) is 0 Å². The molecule has 1 aliphatic rings. The van der Waals surface area contributed by atoms with Crippen LogP contribution in [0.5, 0.6) is 0 Å². The van der Waals surface area contributed by atoms with E-state index < -0.39 is 5.91 Å². The Morgan fingerprint density at radius 2 is 2.00 bits per heavy atom. The Morgan fingerprint density at radius 1 is 1.29 bits per heavy atom. The van der Waals surface area contributed by atoms with Crippen LogP contribution in [-0.4, -0.2) is 17.9 Å². The van der Waals surface area contributed by atoms with Crippen LogP contribution in [0.1, 0.15) is 41.6 Å². The molecule has 2 unspecified atom stereocenters. The van der Waals surface area contributed by atoms with Gasteiger partial charge in [0.05, 0.1) is 0 Å². The van der Waals surface area contributed by atoms with Crippen molar-refractivity contribution in [3.63, 3.8) is 0 Å². The van der Waals surface area contributed by atoms with Crippen LogP contribution >= 0.6 is 12.4 Å². The van der Waals surface area contributed by atoms with Gasteiger partial charge in [0.25, 0.3) is 0 Å². The molecule has 0 saturated heterocycles. The summed E-state index contributed by atoms with van der Waals surface area (Å²) >= 11 is 0. The Balaban J connectivity index is 0.00000220. The van der Waals surface area contributed by atoms with E-state index in [9.17, 15) is 9.59 Å². The Bertz CT molecular complexity index is 534. The fourth-order valence-electron chi connectivity index (χ4n) is 2.61. The molecule has 2 rings (SSSR count). The summed E-state index contributed by atoms with van der Waals surface area (Å²) in [5.41, 5.74) is 13.1. The summed E-state index contributed by atoms with van der Waals surface area (Å²) in [6.45, 7) is 1.88. The molecule has 1 aliphatic carbocycles. The summed E-state index contributed by atoms with van der Waals surface area (Å²) in [6, 6.07) is 5.17. The molecule has 5 N–H and O–H groups in total. The van der Waals surface area contributed by atoms with E-state index in [1.807, 2.05) is 6.92 Å². The Labute approximate surface area is 130 Å². The largest absolute Gasteiger partial charge is 0.366 e. The highest BCUT2D eigenvalue weighted by molar-refractivity contribution is 5.97. The standard InChI is InChI=1S/C15H21N3O2.ClH/c1-9-5-6-10(14(17)19)8-13(9)18-15(20)11-3-2-4-12(16)7-11;/h5-6,8,11-12H,2-4,7,16H2,1H3,(H2,17,19)(H,18,20);1H. The molecule has 116 valence electrons. The van der Waals surface area contributed by atoms with Gasteiger partial charge in [-0.05, 0) is 43.9 Å². The first kappa shape index (κ1) is 17.5. The maximum Gasteiger partial charge on any atom is 0.248 e. The number of rotatable bonds is 3. The number of anilines is 1. The third-order valence-electron chi connectivity index (χ3n) is 3.87. The maximum atomic E-state index is 12.3. The minimum absolute atomic E-state index is 0. The topological polar surface area (TPSA) is 98.2 Å². The lowest BCUT2D eigenvalue weighted by atomic mass is 9.85. The second-order valence-electron chi connectivity index (χ2n) is 5.51. The molecule has 0 spiro atoms. The molecule has 1 aromatic rings. The third kappa shape index (κ3) is 4.44. The zero-order valence-corrected chi connectivity index (χ0v) is 12.9. The van der Waals surface area contributed by atoms with Crippen molar-refractivity contribution < 1.29 is 9.59 Å². The number of hydrogen-bond donors (Lipinski definition) is 3. The average Bonchev–Trinajstić information content (AvgIpc) is 2.41. The van der Waals surface area contributed by atoms with Crippen LogP contribution in [0.25, 0.3) is 0 Å². The summed E-state index contributed by atoms with van der Waals surface area (Å²) in [4.78, 5) is 23.5. The zero-order valence-electron chi connectivity index (χ0n) is 12.1. The molecule has 0 radical (unpaired) electrons. The van der Waals surface area contributed by atoms with E-state index in [1.165, 1.54) is 0 Å². The molecule has 6 heteroatoms. The number of halogens is 1. The van der Waals surface area contributed by atoms with E-state index in [0.29, 0.717) is 11.3 Å². The maximum absolute atomic E-state index is 12.3. The van der Waals surface area contributed by atoms with Crippen LogP contribution in [0.4, 0.5) is 5.69 Å². The molecule has 21 heavy (non-hydrogen) atoms. The van der Waals surface area contributed by atoms with E-state index in [4.69, 9.17) is 11.5 Å². The highest BCUT2D eigenvalue weighted by Gasteiger charge is 2.25. The molecular weight excluding hydrogens is 290 g/mol. The number of amides is 2. The van der Waals surface area contributed by atoms with Crippen molar-refractivity contribution in [2.45, 2.75) is 38.6 Å². The lowest BCUT2D eigenvalue weighted by Gasteiger charge is -2.26. The van der Waals surface area contributed by atoms with Crippen molar-refractivity contribution in [1.29, 1.82) is 0 Å². The van der Waals surface area contributed by atoms with Crippen LogP contribution in [0.15, 0.2) is 18.2 Å². The number of carbonyl (C=O) groups is 2. The smallest absolute Gasteiger partial charge is 0.248 e. The van der Waals surface area contributed by atoms with Gasteiger partial charge in [-0.3, -0.25) is 9.59 Å². The molecule has 1 aromatic carbocycles. The van der Waals surface area contributed by atoms with Gasteiger partial charge in [-0.25, -0.2) is 0 Å². The monoisotopic (exact) mass is 311 g/mol. The summed E-state index contributed by atoms with van der Waals surface area (Å²) < 4.78 is 0. The van der Waals surface area contributed by atoms with Crippen LogP contribution in [0, 0.1) is 12.8 Å². The zero-order chi connectivity index (χ0) is 14.7. The predicted molar refractivity (Wildman–Crippen MR) is 85.5 cm³/mol. The van der Waals surface area contributed by atoms with Crippen LogP contribution in [0.3, 0.4) is 0 Å². The molecule has 0 bridgehead atoms. The first-order chi connectivity index (χ1) is 9.47. The van der Waals surface area contributed by atoms with Gasteiger partial charge in [-0.1, -0.05) is 12.5 Å². The minimum Gasteiger partial charge on any atom is -0.366 e. The van der Waals surface area contributed by atoms with E-state index >= 15 is 0 Å². The van der Waals surface area contributed by atoms with Crippen LogP contribution in [-0.2, 0) is 4.79 Å². The number of nitrogens with one attached hydrogen (secondary N) is 1. The Hall–Kier alpha value is -1.59. The van der Waals surface area contributed by atoms with Gasteiger partial charge in [0.15, 0.2) is 0 Å². The third-order valence-corrected chi connectivity index (χ3v) is 3.87. The quantitative estimate of drug-likeness (QED) is 0.796. The molecular formula is C15H22ClN3O2. The van der Waals surface area contributed by atoms with Crippen molar-refractivity contribution in [2.24, 2.45) is 17.4 Å². The molecule has 2 atom stereocenters. The minimum atomic E-state index is -0.500. The molecule has 0 aliphatic heterocycles. The molecule has 0 aromatic heterocycles. The molecule has 2 amide bonds. The van der Waals surface area contributed by atoms with E-state index in [1.54, 1.807) is 18.2 Å². The first-order valence-electron chi connectivity index (χ1n) is 6.94. The van der Waals surface area contributed by atoms with Gasteiger partial charge in [0.2, 0.25) is 11.8 Å². The van der Waals surface area contributed by atoms with Crippen molar-refractivity contribution >= 4 is 29.9 Å². The second-order valence-corrected chi connectivity index (χ2v) is 5.51. The van der Waals surface area contributed by atoms with Gasteiger partial charge >= 0.3 is 0 Å². The van der Waals surface area contributed by atoms with E-state index in [2.05, 4.69) is 5.32 Å². The van der Waals surface area contributed by atoms with E-state index in [0.717, 1.165) is 31.2 Å². The number of nitrogens with two attached hydrogens (primary N) is 2. The van der Waals surface area contributed by atoms with Gasteiger partial charge < -0.3 is 16.8 Å². The molecule has 0 heterocycles. The number of benzene rings is 1. The number of carbonyl (C=O) groups excluding carboxylic acids is 2. The lowest BCUT2D eigenvalue weighted by molar-refractivity contribution is -0.120. The van der Waals surface area contributed by atoms with Gasteiger partial charge in [-0.15, -0.1) is 12.4 Å². The summed E-state index contributed by atoms with van der Waals surface area (Å²) in [5, 5.41) is 2.89. The summed E-state index contributed by atoms with van der Waals surface area (Å²) in [5.74, 6) is -0.569. The van der Waals surface area contributed by atoms with Gasteiger partial charge in [0.1, 0.15) is 0 Å². The molecule has 5 nitrogen and oxygen atoms in total. The summed E-state index contributed by atoms with van der Waals surface area (Å²) in [6.07, 6.45) is 3.56. The van der Waals surface area contributed by atoms with Crippen molar-refractivity contribution in [3.05, 3.63) is 29.3 Å². The average molecular weight is 312 g/mol. The second kappa shape index (κ2) is 7.43. The highest BCUT2D eigenvalue weighted by atomic mass is 35.5. The number of primary amides is 1. The van der Waals surface area contributed by atoms with E-state index in [-0.39, 0.29) is 30.3 Å². The molecule has 1 fully saturated rings. The van der Waals surface area contributed by atoms with Crippen molar-refractivity contribution in [1.82, 2.24) is 0 Å². The Kier molecular flexibility index (Phi) is 6.18. The summed E-state index contributed by atoms with van der Waals surface area (Å²) in [7, 11) is 0.